The number of rotatable bonds is 4. The number of benzene rings is 2. The summed E-state index contributed by atoms with van der Waals surface area (Å²) in [5.41, 5.74) is 3.08. The van der Waals surface area contributed by atoms with Crippen molar-refractivity contribution in [2.24, 2.45) is 0 Å². The highest BCUT2D eigenvalue weighted by molar-refractivity contribution is 5.82. The molecular weight excluding hydrogens is 241 g/mol. The zero-order valence-corrected chi connectivity index (χ0v) is 11.0. The van der Waals surface area contributed by atoms with Gasteiger partial charge >= 0.3 is 0 Å². The highest BCUT2D eigenvalue weighted by Crippen LogP contribution is 2.34. The van der Waals surface area contributed by atoms with Gasteiger partial charge in [0.25, 0.3) is 0 Å². The molecule has 0 aliphatic rings. The van der Waals surface area contributed by atoms with Gasteiger partial charge in [-0.05, 0) is 11.6 Å². The minimum atomic E-state index is -1.59. The first-order chi connectivity index (χ1) is 9.15. The predicted octanol–water partition coefficient (Wildman–Crippen LogP) is 3.63. The van der Waals surface area contributed by atoms with E-state index in [4.69, 9.17) is 0 Å². The predicted molar refractivity (Wildman–Crippen MR) is 76.1 cm³/mol. The molecule has 0 amide bonds. The van der Waals surface area contributed by atoms with Gasteiger partial charge in [0.15, 0.2) is 12.5 Å². The summed E-state index contributed by atoms with van der Waals surface area (Å²) in [7, 11) is 3.88. The number of hydrogen-bond acceptors (Lipinski definition) is 2. The van der Waals surface area contributed by atoms with Crippen LogP contribution in [0.4, 0.5) is 10.1 Å². The van der Waals surface area contributed by atoms with E-state index >= 15 is 0 Å². The number of para-hydroxylation sites is 1. The molecular formula is C16H16FNO. The van der Waals surface area contributed by atoms with E-state index < -0.39 is 6.17 Å². The minimum Gasteiger partial charge on any atom is -0.377 e. The third-order valence-corrected chi connectivity index (χ3v) is 3.05. The van der Waals surface area contributed by atoms with Crippen molar-refractivity contribution >= 4 is 12.0 Å². The Labute approximate surface area is 112 Å². The van der Waals surface area contributed by atoms with Crippen LogP contribution in [0.5, 0.6) is 0 Å². The zero-order valence-electron chi connectivity index (χ0n) is 11.0. The molecule has 0 unspecified atom stereocenters. The second-order valence-corrected chi connectivity index (χ2v) is 4.54. The Bertz CT molecular complexity index is 580. The third-order valence-electron chi connectivity index (χ3n) is 3.05. The maximum Gasteiger partial charge on any atom is 0.181 e. The molecule has 98 valence electrons. The van der Waals surface area contributed by atoms with Crippen LogP contribution in [0.15, 0.2) is 48.5 Å². The molecule has 3 heteroatoms. The highest BCUT2D eigenvalue weighted by Gasteiger charge is 2.16. The van der Waals surface area contributed by atoms with Gasteiger partial charge in [-0.25, -0.2) is 4.39 Å². The van der Waals surface area contributed by atoms with Crippen molar-refractivity contribution in [3.8, 4) is 11.1 Å². The number of anilines is 1. The van der Waals surface area contributed by atoms with Gasteiger partial charge in [0.2, 0.25) is 0 Å². The van der Waals surface area contributed by atoms with Gasteiger partial charge in [-0.3, -0.25) is 4.79 Å². The number of alkyl halides is 1. The van der Waals surface area contributed by atoms with Crippen LogP contribution in [0.1, 0.15) is 11.7 Å². The van der Waals surface area contributed by atoms with E-state index in [0.29, 0.717) is 11.8 Å². The number of carbonyl (C=O) groups excluding carboxylic acids is 1. The summed E-state index contributed by atoms with van der Waals surface area (Å²) in [6.45, 7) is 0. The molecule has 0 aliphatic heterocycles. The Hall–Kier alpha value is -2.16. The van der Waals surface area contributed by atoms with Crippen molar-refractivity contribution in [2.45, 2.75) is 6.17 Å². The molecule has 0 radical (unpaired) electrons. The fourth-order valence-electron chi connectivity index (χ4n) is 2.15. The van der Waals surface area contributed by atoms with E-state index in [-0.39, 0.29) is 0 Å². The summed E-state index contributed by atoms with van der Waals surface area (Å²) in [4.78, 5) is 12.7. The van der Waals surface area contributed by atoms with Crippen molar-refractivity contribution in [3.05, 3.63) is 54.1 Å². The molecule has 0 bridgehead atoms. The topological polar surface area (TPSA) is 20.3 Å². The maximum absolute atomic E-state index is 13.8. The van der Waals surface area contributed by atoms with E-state index in [2.05, 4.69) is 0 Å². The first-order valence-corrected chi connectivity index (χ1v) is 6.10. The van der Waals surface area contributed by atoms with Crippen LogP contribution < -0.4 is 4.90 Å². The largest absolute Gasteiger partial charge is 0.377 e. The Morgan fingerprint density at radius 1 is 1.00 bits per heavy atom. The monoisotopic (exact) mass is 257 g/mol. The smallest absolute Gasteiger partial charge is 0.181 e. The fourth-order valence-corrected chi connectivity index (χ4v) is 2.15. The lowest BCUT2D eigenvalue weighted by Crippen LogP contribution is -2.10. The normalized spacial score (nSPS) is 11.9. The molecule has 0 saturated carbocycles. The molecule has 1 atom stereocenters. The minimum absolute atomic E-state index is 0.330. The van der Waals surface area contributed by atoms with Gasteiger partial charge in [-0.2, -0.15) is 0 Å². The van der Waals surface area contributed by atoms with E-state index in [1.54, 1.807) is 12.1 Å². The van der Waals surface area contributed by atoms with Gasteiger partial charge in [0.05, 0.1) is 0 Å². The van der Waals surface area contributed by atoms with Gasteiger partial charge < -0.3 is 4.90 Å². The molecule has 0 spiro atoms. The lowest BCUT2D eigenvalue weighted by Gasteiger charge is -2.19. The van der Waals surface area contributed by atoms with Gasteiger partial charge in [0.1, 0.15) is 0 Å². The summed E-state index contributed by atoms with van der Waals surface area (Å²) < 4.78 is 13.8. The molecule has 0 N–H and O–H groups in total. The van der Waals surface area contributed by atoms with Crippen molar-refractivity contribution < 1.29 is 9.18 Å². The Kier molecular flexibility index (Phi) is 3.95. The first kappa shape index (κ1) is 13.3. The summed E-state index contributed by atoms with van der Waals surface area (Å²) in [5, 5.41) is 0. The van der Waals surface area contributed by atoms with Crippen LogP contribution in [-0.4, -0.2) is 20.4 Å². The molecule has 2 aromatic rings. The fraction of sp³-hybridized carbons (Fsp3) is 0.188. The summed E-state index contributed by atoms with van der Waals surface area (Å²) >= 11 is 0. The second-order valence-electron chi connectivity index (χ2n) is 4.54. The Morgan fingerprint density at radius 3 is 2.21 bits per heavy atom. The maximum atomic E-state index is 13.8. The van der Waals surface area contributed by atoms with E-state index in [0.717, 1.165) is 16.8 Å². The number of aldehydes is 1. The molecule has 2 rings (SSSR count). The van der Waals surface area contributed by atoms with Crippen LogP contribution in [0, 0.1) is 0 Å². The molecule has 0 fully saturated rings. The molecule has 0 aromatic heterocycles. The third kappa shape index (κ3) is 2.65. The van der Waals surface area contributed by atoms with Gasteiger partial charge in [0, 0.05) is 30.9 Å². The lowest BCUT2D eigenvalue weighted by molar-refractivity contribution is -0.112. The highest BCUT2D eigenvalue weighted by atomic mass is 19.1. The number of halogens is 1. The number of hydrogen-bond donors (Lipinski definition) is 0. The molecule has 2 nitrogen and oxygen atoms in total. The van der Waals surface area contributed by atoms with Crippen molar-refractivity contribution in [1.82, 2.24) is 0 Å². The van der Waals surface area contributed by atoms with Crippen LogP contribution in [0.3, 0.4) is 0 Å². The SMILES string of the molecule is CN(C)c1ccccc1-c1ccccc1[C@H](F)C=O. The summed E-state index contributed by atoms with van der Waals surface area (Å²) in [6.07, 6.45) is -1.26. The number of nitrogens with zero attached hydrogens (tertiary/aromatic N) is 1. The van der Waals surface area contributed by atoms with Crippen molar-refractivity contribution in [2.75, 3.05) is 19.0 Å². The van der Waals surface area contributed by atoms with Crippen LogP contribution in [0.25, 0.3) is 11.1 Å². The van der Waals surface area contributed by atoms with Crippen molar-refractivity contribution in [1.29, 1.82) is 0 Å². The molecule has 0 heterocycles. The zero-order chi connectivity index (χ0) is 13.8. The molecule has 19 heavy (non-hydrogen) atoms. The standard InChI is InChI=1S/C16H16FNO/c1-18(2)16-10-6-5-9-14(16)12-7-3-4-8-13(12)15(17)11-19/h3-11,15H,1-2H3/t15-/m1/s1. The summed E-state index contributed by atoms with van der Waals surface area (Å²) in [6, 6.07) is 14.8. The second kappa shape index (κ2) is 5.65. The van der Waals surface area contributed by atoms with E-state index in [9.17, 15) is 9.18 Å². The van der Waals surface area contributed by atoms with E-state index in [1.165, 1.54) is 0 Å². The lowest BCUT2D eigenvalue weighted by atomic mass is 9.95. The molecule has 2 aromatic carbocycles. The van der Waals surface area contributed by atoms with Gasteiger partial charge in [-0.1, -0.05) is 42.5 Å². The average Bonchev–Trinajstić information content (AvgIpc) is 2.46. The van der Waals surface area contributed by atoms with Gasteiger partial charge in [-0.15, -0.1) is 0 Å². The Balaban J connectivity index is 2.62. The Morgan fingerprint density at radius 2 is 1.58 bits per heavy atom. The molecule has 0 saturated heterocycles. The van der Waals surface area contributed by atoms with Crippen LogP contribution in [0.2, 0.25) is 0 Å². The average molecular weight is 257 g/mol. The van der Waals surface area contributed by atoms with E-state index in [1.807, 2.05) is 55.4 Å². The van der Waals surface area contributed by atoms with Crippen molar-refractivity contribution in [3.63, 3.8) is 0 Å². The first-order valence-electron chi connectivity index (χ1n) is 6.10. The number of carbonyl (C=O) groups is 1. The molecule has 0 aliphatic carbocycles. The summed E-state index contributed by atoms with van der Waals surface area (Å²) in [5.74, 6) is 0. The van der Waals surface area contributed by atoms with Crippen LogP contribution >= 0.6 is 0 Å². The van der Waals surface area contributed by atoms with Crippen LogP contribution in [-0.2, 0) is 4.79 Å². The quantitative estimate of drug-likeness (QED) is 0.779.